The van der Waals surface area contributed by atoms with Gasteiger partial charge in [0.1, 0.15) is 0 Å². The van der Waals surface area contributed by atoms with Gasteiger partial charge in [0.2, 0.25) is 0 Å². The van der Waals surface area contributed by atoms with Gasteiger partial charge in [-0.1, -0.05) is 23.7 Å². The normalized spacial score (nSPS) is 13.2. The van der Waals surface area contributed by atoms with Crippen molar-refractivity contribution in [3.63, 3.8) is 0 Å². The summed E-state index contributed by atoms with van der Waals surface area (Å²) < 4.78 is 11.8. The van der Waals surface area contributed by atoms with E-state index < -0.39 is 10.8 Å². The lowest BCUT2D eigenvalue weighted by Crippen LogP contribution is -2.41. The first-order chi connectivity index (χ1) is 10.3. The number of guanidine groups is 1. The number of rotatable bonds is 6. The average Bonchev–Trinajstić information content (AvgIpc) is 2.46. The van der Waals surface area contributed by atoms with Crippen LogP contribution in [-0.2, 0) is 17.2 Å². The first-order valence-corrected chi connectivity index (χ1v) is 9.10. The number of benzene rings is 1. The van der Waals surface area contributed by atoms with Gasteiger partial charge in [-0.25, -0.2) is 0 Å². The molecule has 0 amide bonds. The van der Waals surface area contributed by atoms with E-state index >= 15 is 0 Å². The molecular formula is C16H27ClIN3OS. The molecule has 7 heteroatoms. The minimum Gasteiger partial charge on any atom is -0.356 e. The molecule has 0 radical (unpaired) electrons. The molecule has 0 aliphatic heterocycles. The predicted octanol–water partition coefficient (Wildman–Crippen LogP) is 3.21. The van der Waals surface area contributed by atoms with Crippen molar-refractivity contribution < 1.29 is 4.21 Å². The highest BCUT2D eigenvalue weighted by Gasteiger charge is 2.18. The van der Waals surface area contributed by atoms with E-state index in [1.165, 1.54) is 5.56 Å². The van der Waals surface area contributed by atoms with Crippen LogP contribution in [0.25, 0.3) is 0 Å². The summed E-state index contributed by atoms with van der Waals surface area (Å²) >= 11 is 5.86. The lowest BCUT2D eigenvalue weighted by molar-refractivity contribution is 0.647. The van der Waals surface area contributed by atoms with E-state index in [0.29, 0.717) is 12.3 Å². The molecule has 0 aliphatic carbocycles. The summed E-state index contributed by atoms with van der Waals surface area (Å²) in [6.45, 7) is 7.39. The van der Waals surface area contributed by atoms with Crippen molar-refractivity contribution in [2.45, 2.75) is 31.9 Å². The summed E-state index contributed by atoms with van der Waals surface area (Å²) in [7, 11) is 0.883. The maximum absolute atomic E-state index is 12.0. The molecule has 0 spiro atoms. The van der Waals surface area contributed by atoms with Gasteiger partial charge in [-0.3, -0.25) is 9.20 Å². The number of halogens is 2. The number of hydrogen-bond donors (Lipinski definition) is 2. The van der Waals surface area contributed by atoms with Crippen molar-refractivity contribution >= 4 is 52.3 Å². The molecule has 0 saturated heterocycles. The maximum atomic E-state index is 12.0. The van der Waals surface area contributed by atoms with E-state index in [-0.39, 0.29) is 28.7 Å². The number of hydrogen-bond acceptors (Lipinski definition) is 2. The third kappa shape index (κ3) is 9.52. The molecular weight excluding hydrogens is 445 g/mol. The molecule has 2 N–H and O–H groups in total. The Morgan fingerprint density at radius 3 is 2.26 bits per heavy atom. The van der Waals surface area contributed by atoms with Crippen molar-refractivity contribution in [3.05, 3.63) is 34.9 Å². The Morgan fingerprint density at radius 2 is 1.74 bits per heavy atom. The van der Waals surface area contributed by atoms with Gasteiger partial charge in [0.25, 0.3) is 0 Å². The zero-order valence-corrected chi connectivity index (χ0v) is 18.1. The summed E-state index contributed by atoms with van der Waals surface area (Å²) in [5.74, 6) is 1.35. The molecule has 1 atom stereocenters. The fourth-order valence-corrected chi connectivity index (χ4v) is 2.79. The van der Waals surface area contributed by atoms with E-state index in [1.807, 2.05) is 45.0 Å². The van der Waals surface area contributed by atoms with Crippen molar-refractivity contribution in [2.75, 3.05) is 25.9 Å². The molecule has 0 bridgehead atoms. The highest BCUT2D eigenvalue weighted by Crippen LogP contribution is 2.10. The van der Waals surface area contributed by atoms with E-state index in [1.54, 1.807) is 7.05 Å². The molecule has 1 aromatic carbocycles. The van der Waals surface area contributed by atoms with Gasteiger partial charge >= 0.3 is 0 Å². The minimum absolute atomic E-state index is 0. The van der Waals surface area contributed by atoms with Gasteiger partial charge in [-0.15, -0.1) is 24.0 Å². The summed E-state index contributed by atoms with van der Waals surface area (Å²) in [4.78, 5) is 4.17. The average molecular weight is 472 g/mol. The van der Waals surface area contributed by atoms with Crippen LogP contribution in [0.5, 0.6) is 0 Å². The number of aliphatic imine (C=N–C) groups is 1. The fraction of sp³-hybridized carbons (Fsp3) is 0.562. The predicted molar refractivity (Wildman–Crippen MR) is 113 cm³/mol. The molecule has 1 unspecified atom stereocenters. The Bertz CT molecular complexity index is 515. The van der Waals surface area contributed by atoms with Crippen LogP contribution in [0.4, 0.5) is 0 Å². The fourth-order valence-electron chi connectivity index (χ4n) is 1.77. The van der Waals surface area contributed by atoms with Crippen molar-refractivity contribution in [3.8, 4) is 0 Å². The van der Waals surface area contributed by atoms with Crippen molar-refractivity contribution in [1.82, 2.24) is 10.6 Å². The summed E-state index contributed by atoms with van der Waals surface area (Å²) in [6, 6.07) is 7.83. The van der Waals surface area contributed by atoms with Crippen LogP contribution in [0.1, 0.15) is 26.3 Å². The first-order valence-electron chi connectivity index (χ1n) is 7.40. The Labute approximate surface area is 164 Å². The van der Waals surface area contributed by atoms with Gasteiger partial charge < -0.3 is 10.6 Å². The molecule has 0 aliphatic rings. The zero-order chi connectivity index (χ0) is 16.6. The van der Waals surface area contributed by atoms with Crippen LogP contribution in [0.2, 0.25) is 5.02 Å². The number of nitrogens with one attached hydrogen (secondary N) is 2. The molecule has 23 heavy (non-hydrogen) atoms. The summed E-state index contributed by atoms with van der Waals surface area (Å²) in [5, 5.41) is 7.20. The van der Waals surface area contributed by atoms with Gasteiger partial charge in [0.05, 0.1) is 0 Å². The van der Waals surface area contributed by atoms with Crippen molar-refractivity contribution in [1.29, 1.82) is 0 Å². The second kappa shape index (κ2) is 11.3. The standard InChI is InChI=1S/C16H26ClN3OS.HI/c1-16(2,3)22(21)12-11-20-15(18-4)19-10-9-13-5-7-14(17)8-6-13;/h5-8H,9-12H2,1-4H3,(H2,18,19,20);1H. The van der Waals surface area contributed by atoms with Gasteiger partial charge in [-0.2, -0.15) is 0 Å². The third-order valence-corrected chi connectivity index (χ3v) is 5.30. The van der Waals surface area contributed by atoms with Crippen LogP contribution in [0.15, 0.2) is 29.3 Å². The topological polar surface area (TPSA) is 53.5 Å². The largest absolute Gasteiger partial charge is 0.356 e. The summed E-state index contributed by atoms with van der Waals surface area (Å²) in [5.41, 5.74) is 1.22. The summed E-state index contributed by atoms with van der Waals surface area (Å²) in [6.07, 6.45) is 0.895. The Morgan fingerprint density at radius 1 is 1.17 bits per heavy atom. The zero-order valence-electron chi connectivity index (χ0n) is 14.2. The second-order valence-electron chi connectivity index (χ2n) is 5.96. The lowest BCUT2D eigenvalue weighted by Gasteiger charge is -2.18. The third-order valence-electron chi connectivity index (χ3n) is 3.11. The van der Waals surface area contributed by atoms with E-state index in [2.05, 4.69) is 15.6 Å². The number of nitrogens with zero attached hydrogens (tertiary/aromatic N) is 1. The monoisotopic (exact) mass is 471 g/mol. The molecule has 132 valence electrons. The second-order valence-corrected chi connectivity index (χ2v) is 8.72. The van der Waals surface area contributed by atoms with Gasteiger partial charge in [0, 0.05) is 46.5 Å². The highest BCUT2D eigenvalue weighted by atomic mass is 127. The van der Waals surface area contributed by atoms with Crippen molar-refractivity contribution in [2.24, 2.45) is 4.99 Å². The quantitative estimate of drug-likeness (QED) is 0.380. The van der Waals surface area contributed by atoms with Crippen LogP contribution in [-0.4, -0.2) is 40.8 Å². The Kier molecular flexibility index (Phi) is 11.1. The van der Waals surface area contributed by atoms with Crippen LogP contribution < -0.4 is 10.6 Å². The molecule has 1 aromatic rings. The van der Waals surface area contributed by atoms with E-state index in [0.717, 1.165) is 23.9 Å². The highest BCUT2D eigenvalue weighted by molar-refractivity contribution is 14.0. The van der Waals surface area contributed by atoms with Crippen LogP contribution in [0, 0.1) is 0 Å². The molecule has 0 saturated carbocycles. The van der Waals surface area contributed by atoms with Gasteiger partial charge in [0.15, 0.2) is 5.96 Å². The molecule has 0 aromatic heterocycles. The molecule has 1 rings (SSSR count). The van der Waals surface area contributed by atoms with Crippen LogP contribution >= 0.6 is 35.6 Å². The van der Waals surface area contributed by atoms with Crippen LogP contribution in [0.3, 0.4) is 0 Å². The van der Waals surface area contributed by atoms with E-state index in [4.69, 9.17) is 11.6 Å². The molecule has 0 fully saturated rings. The van der Waals surface area contributed by atoms with E-state index in [9.17, 15) is 4.21 Å². The first kappa shape index (κ1) is 22.7. The Hall–Kier alpha value is -0.340. The molecule has 4 nitrogen and oxygen atoms in total. The Balaban J connectivity index is 0.00000484. The van der Waals surface area contributed by atoms with Gasteiger partial charge in [-0.05, 0) is 44.9 Å². The smallest absolute Gasteiger partial charge is 0.191 e. The molecule has 0 heterocycles. The maximum Gasteiger partial charge on any atom is 0.191 e. The SMILES string of the molecule is CN=C(NCCc1ccc(Cl)cc1)NCCS(=O)C(C)(C)C.I. The minimum atomic E-state index is -0.851. The lowest BCUT2D eigenvalue weighted by atomic mass is 10.1.